The Morgan fingerprint density at radius 2 is 1.81 bits per heavy atom. The Kier molecular flexibility index (Phi) is 8.71. The van der Waals surface area contributed by atoms with Crippen LogP contribution in [0.3, 0.4) is 0 Å². The van der Waals surface area contributed by atoms with Crippen molar-refractivity contribution < 1.29 is 24.2 Å². The second kappa shape index (κ2) is 11.9. The van der Waals surface area contributed by atoms with Crippen LogP contribution >= 0.6 is 11.8 Å². The molecular formula is C36H45NO5S. The van der Waals surface area contributed by atoms with Crippen molar-refractivity contribution >= 4 is 35.1 Å². The number of carbonyl (C=O) groups is 3. The Hall–Kier alpha value is -2.90. The van der Waals surface area contributed by atoms with Gasteiger partial charge in [0.1, 0.15) is 11.9 Å². The van der Waals surface area contributed by atoms with Crippen LogP contribution in [-0.4, -0.2) is 40.7 Å². The molecule has 0 aliphatic heterocycles. The number of thioether (sulfide) groups is 1. The smallest absolute Gasteiger partial charge is 0.316 e. The number of Topliss-reactive ketones (excluding diaryl/α,β-unsaturated/α-hetero) is 1. The number of ketones is 1. The van der Waals surface area contributed by atoms with Crippen LogP contribution in [0.5, 0.6) is 0 Å². The normalized spacial score (nSPS) is 35.3. The van der Waals surface area contributed by atoms with Crippen molar-refractivity contribution in [2.75, 3.05) is 11.1 Å². The summed E-state index contributed by atoms with van der Waals surface area (Å²) in [7, 11) is 0. The molecule has 3 aliphatic carbocycles. The van der Waals surface area contributed by atoms with Crippen LogP contribution in [0.15, 0.2) is 66.1 Å². The molecule has 0 unspecified atom stereocenters. The average Bonchev–Trinajstić information content (AvgIpc) is 3.35. The summed E-state index contributed by atoms with van der Waals surface area (Å²) in [6, 6.07) is 14.8. The lowest BCUT2D eigenvalue weighted by Crippen LogP contribution is -2.63. The molecule has 2 aromatic carbocycles. The molecule has 0 saturated heterocycles. The topological polar surface area (TPSA) is 92.7 Å². The van der Waals surface area contributed by atoms with Crippen molar-refractivity contribution in [3.8, 4) is 0 Å². The summed E-state index contributed by atoms with van der Waals surface area (Å²) in [5, 5.41) is 14.7. The van der Waals surface area contributed by atoms with Gasteiger partial charge < -0.3 is 15.2 Å². The van der Waals surface area contributed by atoms with Crippen LogP contribution < -0.4 is 5.32 Å². The monoisotopic (exact) mass is 603 g/mol. The van der Waals surface area contributed by atoms with Gasteiger partial charge in [0.25, 0.3) is 5.91 Å². The minimum atomic E-state index is -0.698. The molecule has 7 heteroatoms. The first-order chi connectivity index (χ1) is 20.4. The maximum absolute atomic E-state index is 13.6. The van der Waals surface area contributed by atoms with E-state index < -0.39 is 23.0 Å². The molecule has 2 N–H and O–H groups in total. The number of anilines is 1. The molecule has 5 rings (SSSR count). The minimum absolute atomic E-state index is 0.0473. The molecule has 0 heterocycles. The molecule has 0 aromatic heterocycles. The number of hydrogen-bond acceptors (Lipinski definition) is 6. The highest BCUT2D eigenvalue weighted by Crippen LogP contribution is 2.68. The summed E-state index contributed by atoms with van der Waals surface area (Å²) in [6.07, 6.45) is 4.07. The van der Waals surface area contributed by atoms with Gasteiger partial charge in [-0.05, 0) is 73.6 Å². The number of aliphatic hydroxyl groups excluding tert-OH is 1. The van der Waals surface area contributed by atoms with Gasteiger partial charge in [-0.2, -0.15) is 0 Å². The quantitative estimate of drug-likeness (QED) is 0.197. The van der Waals surface area contributed by atoms with Crippen LogP contribution in [0.2, 0.25) is 0 Å². The van der Waals surface area contributed by atoms with Crippen LogP contribution in [0.4, 0.5) is 5.69 Å². The number of esters is 1. The molecule has 43 heavy (non-hydrogen) atoms. The minimum Gasteiger partial charge on any atom is -0.461 e. The third-order valence-corrected chi connectivity index (χ3v) is 12.5. The Bertz CT molecular complexity index is 1420. The van der Waals surface area contributed by atoms with Crippen molar-refractivity contribution in [3.63, 3.8) is 0 Å². The number of para-hydroxylation sites is 1. The maximum atomic E-state index is 13.6. The lowest BCUT2D eigenvalue weighted by Gasteiger charge is -2.61. The third kappa shape index (κ3) is 5.37. The summed E-state index contributed by atoms with van der Waals surface area (Å²) in [5.41, 5.74) is 0.575. The number of benzene rings is 2. The van der Waals surface area contributed by atoms with Gasteiger partial charge in [0.2, 0.25) is 0 Å². The Morgan fingerprint density at radius 3 is 2.53 bits per heavy atom. The lowest BCUT2D eigenvalue weighted by atomic mass is 9.44. The van der Waals surface area contributed by atoms with Crippen molar-refractivity contribution in [1.29, 1.82) is 0 Å². The van der Waals surface area contributed by atoms with Crippen molar-refractivity contribution in [2.24, 2.45) is 34.0 Å². The van der Waals surface area contributed by atoms with E-state index >= 15 is 0 Å². The Morgan fingerprint density at radius 1 is 1.12 bits per heavy atom. The van der Waals surface area contributed by atoms with E-state index in [9.17, 15) is 19.5 Å². The fourth-order valence-electron chi connectivity index (χ4n) is 8.54. The number of amides is 1. The predicted octanol–water partition coefficient (Wildman–Crippen LogP) is 7.25. The first kappa shape index (κ1) is 31.5. The first-order valence-corrected chi connectivity index (χ1v) is 16.5. The van der Waals surface area contributed by atoms with Gasteiger partial charge in [-0.1, -0.05) is 64.1 Å². The summed E-state index contributed by atoms with van der Waals surface area (Å²) >= 11 is 1.32. The highest BCUT2D eigenvalue weighted by Gasteiger charge is 2.68. The number of carbonyl (C=O) groups excluding carboxylic acids is 3. The zero-order valence-corrected chi connectivity index (χ0v) is 26.8. The van der Waals surface area contributed by atoms with E-state index in [-0.39, 0.29) is 46.6 Å². The number of aryl methyl sites for hydroxylation is 1. The van der Waals surface area contributed by atoms with Crippen molar-refractivity contribution in [3.05, 3.63) is 72.3 Å². The largest absolute Gasteiger partial charge is 0.461 e. The second-order valence-electron chi connectivity index (χ2n) is 13.6. The van der Waals surface area contributed by atoms with E-state index in [2.05, 4.69) is 32.7 Å². The summed E-state index contributed by atoms with van der Waals surface area (Å²) in [6.45, 7) is 14.4. The fourth-order valence-corrected chi connectivity index (χ4v) is 9.33. The van der Waals surface area contributed by atoms with Gasteiger partial charge in [0, 0.05) is 33.6 Å². The number of aliphatic hydroxyl groups is 1. The van der Waals surface area contributed by atoms with E-state index in [1.807, 2.05) is 62.4 Å². The lowest BCUT2D eigenvalue weighted by molar-refractivity contribution is -0.205. The number of hydrogen-bond donors (Lipinski definition) is 2. The van der Waals surface area contributed by atoms with Crippen LogP contribution in [0.25, 0.3) is 0 Å². The summed E-state index contributed by atoms with van der Waals surface area (Å²) < 4.78 is 6.39. The van der Waals surface area contributed by atoms with Gasteiger partial charge in [-0.25, -0.2) is 0 Å². The molecule has 3 fully saturated rings. The Labute approximate surface area is 260 Å². The van der Waals surface area contributed by atoms with Gasteiger partial charge in [0.15, 0.2) is 0 Å². The maximum Gasteiger partial charge on any atom is 0.316 e. The van der Waals surface area contributed by atoms with E-state index in [4.69, 9.17) is 4.74 Å². The molecule has 0 spiro atoms. The standard InChI is InChI=1S/C36H45NO5S/c1-7-34(5)20-29(35(6)23(3)16-18-36(24(4)32(34)40)19-17-27(38)31(35)36)42-30(39)21-43-28-15-11-10-14-26(28)37-33(41)25-13-9-8-12-22(25)2/h7-15,23-24,29,31-32,40H,1,16-21H2,2-6H3,(H,37,41)/t23-,24+,29-,31+,32+,34-,35+,36+/m1/s1. The molecule has 1 amide bonds. The molecule has 3 aliphatic rings. The van der Waals surface area contributed by atoms with Crippen molar-refractivity contribution in [2.45, 2.75) is 83.8 Å². The average molecular weight is 604 g/mol. The molecule has 230 valence electrons. The zero-order valence-electron chi connectivity index (χ0n) is 26.0. The van der Waals surface area contributed by atoms with Gasteiger partial charge in [0.05, 0.1) is 17.5 Å². The molecule has 2 aromatic rings. The van der Waals surface area contributed by atoms with Crippen molar-refractivity contribution in [1.82, 2.24) is 0 Å². The molecule has 6 nitrogen and oxygen atoms in total. The number of ether oxygens (including phenoxy) is 1. The van der Waals surface area contributed by atoms with E-state index in [1.165, 1.54) is 11.8 Å². The SMILES string of the molecule is C=C[C@]1(C)C[C@@H](OC(=O)CSc2ccccc2NC(=O)c2ccccc2C)[C@]2(C)[C@H](C)CC[C@]3(CCC(=O)[C@H]32)[C@@H](C)[C@@H]1O. The second-order valence-corrected chi connectivity index (χ2v) is 14.6. The highest BCUT2D eigenvalue weighted by atomic mass is 32.2. The first-order valence-electron chi connectivity index (χ1n) is 15.5. The molecule has 8 atom stereocenters. The van der Waals surface area contributed by atoms with Gasteiger partial charge >= 0.3 is 5.97 Å². The summed E-state index contributed by atoms with van der Waals surface area (Å²) in [4.78, 5) is 41.0. The fraction of sp³-hybridized carbons (Fsp3) is 0.528. The van der Waals surface area contributed by atoms with Gasteiger partial charge in [-0.3, -0.25) is 14.4 Å². The number of rotatable bonds is 7. The highest BCUT2D eigenvalue weighted by molar-refractivity contribution is 8.00. The van der Waals surface area contributed by atoms with Crippen LogP contribution in [0, 0.1) is 40.9 Å². The predicted molar refractivity (Wildman–Crippen MR) is 171 cm³/mol. The Balaban J connectivity index is 1.38. The molecule has 3 saturated carbocycles. The van der Waals surface area contributed by atoms with E-state index in [1.54, 1.807) is 6.07 Å². The summed E-state index contributed by atoms with van der Waals surface area (Å²) in [5.74, 6) is -0.451. The van der Waals surface area contributed by atoms with Crippen LogP contribution in [-0.2, 0) is 14.3 Å². The van der Waals surface area contributed by atoms with E-state index in [0.717, 1.165) is 29.7 Å². The number of nitrogens with one attached hydrogen (secondary N) is 1. The van der Waals surface area contributed by atoms with E-state index in [0.29, 0.717) is 24.1 Å². The van der Waals surface area contributed by atoms with Gasteiger partial charge in [-0.15, -0.1) is 18.3 Å². The third-order valence-electron chi connectivity index (χ3n) is 11.4. The molecule has 2 bridgehead atoms. The van der Waals surface area contributed by atoms with Crippen LogP contribution in [0.1, 0.15) is 75.7 Å². The zero-order chi connectivity index (χ0) is 31.2. The molecule has 0 radical (unpaired) electrons. The molecular weight excluding hydrogens is 558 g/mol.